The molecule has 1 aromatic carbocycles. The van der Waals surface area contributed by atoms with Crippen molar-refractivity contribution in [2.45, 2.75) is 26.7 Å². The van der Waals surface area contributed by atoms with Crippen molar-refractivity contribution in [1.29, 1.82) is 0 Å². The first-order chi connectivity index (χ1) is 6.43. The van der Waals surface area contributed by atoms with Crippen LogP contribution in [0.15, 0.2) is 12.1 Å². The third-order valence-corrected chi connectivity index (χ3v) is 2.26. The molecule has 0 spiro atoms. The maximum absolute atomic E-state index is 13.3. The van der Waals surface area contributed by atoms with Gasteiger partial charge < -0.3 is 5.11 Å². The highest BCUT2D eigenvalue weighted by Crippen LogP contribution is 2.21. The summed E-state index contributed by atoms with van der Waals surface area (Å²) in [5.41, 5.74) is 0.959. The first-order valence-corrected chi connectivity index (χ1v) is 4.46. The molecular formula is C11H13FO2. The van der Waals surface area contributed by atoms with Crippen LogP contribution in [-0.2, 0) is 0 Å². The Labute approximate surface area is 82.4 Å². The fraction of sp³-hybridized carbons (Fsp3) is 0.364. The second kappa shape index (κ2) is 3.78. The van der Waals surface area contributed by atoms with Crippen molar-refractivity contribution in [1.82, 2.24) is 0 Å². The highest BCUT2D eigenvalue weighted by Gasteiger charge is 2.13. The van der Waals surface area contributed by atoms with E-state index in [9.17, 15) is 9.18 Å². The van der Waals surface area contributed by atoms with E-state index in [2.05, 4.69) is 0 Å². The van der Waals surface area contributed by atoms with Gasteiger partial charge in [-0.25, -0.2) is 9.18 Å². The van der Waals surface area contributed by atoms with Gasteiger partial charge in [-0.15, -0.1) is 0 Å². The number of carboxylic acid groups (broad SMARTS) is 1. The van der Waals surface area contributed by atoms with Crippen molar-refractivity contribution in [2.75, 3.05) is 0 Å². The Balaban J connectivity index is 3.35. The van der Waals surface area contributed by atoms with Gasteiger partial charge in [-0.2, -0.15) is 0 Å². The molecule has 76 valence electrons. The average molecular weight is 196 g/mol. The smallest absolute Gasteiger partial charge is 0.336 e. The van der Waals surface area contributed by atoms with E-state index in [4.69, 9.17) is 5.11 Å². The van der Waals surface area contributed by atoms with Crippen molar-refractivity contribution in [3.8, 4) is 0 Å². The molecular weight excluding hydrogens is 183 g/mol. The number of carbonyl (C=O) groups is 1. The summed E-state index contributed by atoms with van der Waals surface area (Å²) in [6, 6.07) is 2.93. The minimum atomic E-state index is -1.08. The topological polar surface area (TPSA) is 37.3 Å². The van der Waals surface area contributed by atoms with E-state index >= 15 is 0 Å². The molecule has 0 unspecified atom stereocenters. The van der Waals surface area contributed by atoms with Crippen LogP contribution in [-0.4, -0.2) is 11.1 Å². The number of halogens is 1. The molecule has 2 nitrogen and oxygen atoms in total. The van der Waals surface area contributed by atoms with Gasteiger partial charge in [0.15, 0.2) is 0 Å². The van der Waals surface area contributed by atoms with E-state index in [0.717, 1.165) is 0 Å². The molecule has 14 heavy (non-hydrogen) atoms. The Morgan fingerprint density at radius 1 is 1.43 bits per heavy atom. The molecule has 1 aromatic rings. The van der Waals surface area contributed by atoms with Gasteiger partial charge in [-0.3, -0.25) is 0 Å². The predicted molar refractivity (Wildman–Crippen MR) is 52.2 cm³/mol. The highest BCUT2D eigenvalue weighted by atomic mass is 19.1. The van der Waals surface area contributed by atoms with Crippen LogP contribution in [0.25, 0.3) is 0 Å². The fourth-order valence-electron chi connectivity index (χ4n) is 1.26. The third-order valence-electron chi connectivity index (χ3n) is 2.26. The van der Waals surface area contributed by atoms with E-state index in [1.165, 1.54) is 19.1 Å². The molecule has 0 aliphatic heterocycles. The van der Waals surface area contributed by atoms with E-state index in [-0.39, 0.29) is 17.0 Å². The Bertz CT molecular complexity index is 370. The van der Waals surface area contributed by atoms with Gasteiger partial charge in [0.05, 0.1) is 5.56 Å². The molecule has 3 heteroatoms. The zero-order valence-electron chi connectivity index (χ0n) is 8.47. The minimum Gasteiger partial charge on any atom is -0.478 e. The first kappa shape index (κ1) is 10.7. The molecule has 0 saturated heterocycles. The summed E-state index contributed by atoms with van der Waals surface area (Å²) in [7, 11) is 0. The standard InChI is InChI=1S/C11H13FO2/c1-6(2)8-4-9(11(13)14)7(3)10(12)5-8/h4-6H,1-3H3,(H,13,14). The van der Waals surface area contributed by atoms with Crippen LogP contribution in [0.1, 0.15) is 41.3 Å². The molecule has 0 saturated carbocycles. The van der Waals surface area contributed by atoms with Crippen molar-refractivity contribution >= 4 is 5.97 Å². The van der Waals surface area contributed by atoms with Crippen molar-refractivity contribution in [3.05, 3.63) is 34.6 Å². The second-order valence-electron chi connectivity index (χ2n) is 3.64. The first-order valence-electron chi connectivity index (χ1n) is 4.46. The highest BCUT2D eigenvalue weighted by molar-refractivity contribution is 5.89. The van der Waals surface area contributed by atoms with Crippen LogP contribution in [0.4, 0.5) is 4.39 Å². The van der Waals surface area contributed by atoms with Gasteiger partial charge in [0.25, 0.3) is 0 Å². The number of carboxylic acids is 1. The lowest BCUT2D eigenvalue weighted by atomic mass is 9.97. The molecule has 0 heterocycles. The molecule has 0 fully saturated rings. The maximum Gasteiger partial charge on any atom is 0.336 e. The molecule has 0 aliphatic rings. The van der Waals surface area contributed by atoms with Crippen LogP contribution in [0, 0.1) is 12.7 Å². The second-order valence-corrected chi connectivity index (χ2v) is 3.64. The normalized spacial score (nSPS) is 10.6. The number of rotatable bonds is 2. The largest absolute Gasteiger partial charge is 0.478 e. The van der Waals surface area contributed by atoms with E-state index in [0.29, 0.717) is 5.56 Å². The summed E-state index contributed by atoms with van der Waals surface area (Å²) in [5.74, 6) is -1.40. The summed E-state index contributed by atoms with van der Waals surface area (Å²) in [4.78, 5) is 10.8. The molecule has 1 rings (SSSR count). The number of benzene rings is 1. The summed E-state index contributed by atoms with van der Waals surface area (Å²) in [5, 5.41) is 8.83. The van der Waals surface area contributed by atoms with E-state index in [1.54, 1.807) is 0 Å². The Morgan fingerprint density at radius 3 is 2.43 bits per heavy atom. The van der Waals surface area contributed by atoms with Crippen LogP contribution in [0.5, 0.6) is 0 Å². The lowest BCUT2D eigenvalue weighted by Gasteiger charge is -2.09. The molecule has 0 aliphatic carbocycles. The van der Waals surface area contributed by atoms with Gasteiger partial charge in [-0.1, -0.05) is 13.8 Å². The maximum atomic E-state index is 13.3. The quantitative estimate of drug-likeness (QED) is 0.789. The SMILES string of the molecule is Cc1c(F)cc(C(C)C)cc1C(=O)O. The lowest BCUT2D eigenvalue weighted by molar-refractivity contribution is 0.0695. The van der Waals surface area contributed by atoms with Crippen LogP contribution in [0.3, 0.4) is 0 Å². The van der Waals surface area contributed by atoms with E-state index < -0.39 is 11.8 Å². The van der Waals surface area contributed by atoms with E-state index in [1.807, 2.05) is 13.8 Å². The van der Waals surface area contributed by atoms with Crippen molar-refractivity contribution in [2.24, 2.45) is 0 Å². The fourth-order valence-corrected chi connectivity index (χ4v) is 1.26. The molecule has 0 bridgehead atoms. The zero-order valence-corrected chi connectivity index (χ0v) is 8.47. The van der Waals surface area contributed by atoms with Crippen molar-refractivity contribution in [3.63, 3.8) is 0 Å². The zero-order chi connectivity index (χ0) is 10.9. The van der Waals surface area contributed by atoms with Crippen LogP contribution < -0.4 is 0 Å². The molecule has 1 N–H and O–H groups in total. The number of aromatic carboxylic acids is 1. The van der Waals surface area contributed by atoms with Gasteiger partial charge >= 0.3 is 5.97 Å². The van der Waals surface area contributed by atoms with Crippen LogP contribution >= 0.6 is 0 Å². The van der Waals surface area contributed by atoms with Gasteiger partial charge in [0.2, 0.25) is 0 Å². The lowest BCUT2D eigenvalue weighted by Crippen LogP contribution is -2.04. The summed E-state index contributed by atoms with van der Waals surface area (Å²) < 4.78 is 13.3. The van der Waals surface area contributed by atoms with Gasteiger partial charge in [0.1, 0.15) is 5.82 Å². The molecule has 0 amide bonds. The third kappa shape index (κ3) is 1.92. The average Bonchev–Trinajstić information content (AvgIpc) is 2.08. The minimum absolute atomic E-state index is 0.0497. The molecule has 0 atom stereocenters. The Morgan fingerprint density at radius 2 is 2.00 bits per heavy atom. The molecule has 0 aromatic heterocycles. The van der Waals surface area contributed by atoms with Crippen LogP contribution in [0.2, 0.25) is 0 Å². The van der Waals surface area contributed by atoms with Crippen molar-refractivity contribution < 1.29 is 14.3 Å². The summed E-state index contributed by atoms with van der Waals surface area (Å²) >= 11 is 0. The molecule has 0 radical (unpaired) electrons. The Hall–Kier alpha value is -1.38. The Kier molecular flexibility index (Phi) is 2.89. The number of hydrogen-bond acceptors (Lipinski definition) is 1. The van der Waals surface area contributed by atoms with Gasteiger partial charge in [-0.05, 0) is 36.1 Å². The van der Waals surface area contributed by atoms with Gasteiger partial charge in [0, 0.05) is 0 Å². The monoisotopic (exact) mass is 196 g/mol. The predicted octanol–water partition coefficient (Wildman–Crippen LogP) is 2.96. The summed E-state index contributed by atoms with van der Waals surface area (Å²) in [6.45, 7) is 5.27. The summed E-state index contributed by atoms with van der Waals surface area (Å²) in [6.07, 6.45) is 0. The number of hydrogen-bond donors (Lipinski definition) is 1.